The molecular formula is C17H25N3O4. The maximum atomic E-state index is 11.9. The fourth-order valence-electron chi connectivity index (χ4n) is 1.88. The van der Waals surface area contributed by atoms with E-state index < -0.39 is 11.9 Å². The number of benzene rings is 1. The van der Waals surface area contributed by atoms with E-state index in [1.165, 1.54) is 4.90 Å². The average Bonchev–Trinajstić information content (AvgIpc) is 2.53. The summed E-state index contributed by atoms with van der Waals surface area (Å²) in [5.74, 6) is -1.70. The van der Waals surface area contributed by atoms with Crippen LogP contribution in [-0.2, 0) is 16.1 Å². The molecule has 0 aliphatic rings. The van der Waals surface area contributed by atoms with Crippen LogP contribution in [0.25, 0.3) is 0 Å². The largest absolute Gasteiger partial charge is 0.481 e. The minimum absolute atomic E-state index is 0.0507. The van der Waals surface area contributed by atoms with Crippen molar-refractivity contribution in [2.24, 2.45) is 11.8 Å². The van der Waals surface area contributed by atoms with Crippen LogP contribution in [0.5, 0.6) is 0 Å². The first-order chi connectivity index (χ1) is 11.2. The zero-order chi connectivity index (χ0) is 18.3. The maximum Gasteiger partial charge on any atom is 0.317 e. The number of hydrogen-bond donors (Lipinski definition) is 3. The Bertz CT molecular complexity index is 584. The molecule has 0 saturated heterocycles. The zero-order valence-corrected chi connectivity index (χ0v) is 14.5. The summed E-state index contributed by atoms with van der Waals surface area (Å²) in [7, 11) is 1.55. The summed E-state index contributed by atoms with van der Waals surface area (Å²) in [6, 6.07) is 6.85. The lowest BCUT2D eigenvalue weighted by Gasteiger charge is -2.20. The Morgan fingerprint density at radius 3 is 2.21 bits per heavy atom. The van der Waals surface area contributed by atoms with E-state index in [-0.39, 0.29) is 24.4 Å². The van der Waals surface area contributed by atoms with Gasteiger partial charge in [0.05, 0.1) is 5.92 Å². The SMILES string of the molecule is CC(C)C(=O)Nc1ccc(CNC(=O)N(C)CC(C)C(=O)O)cc1. The normalized spacial score (nSPS) is 11.7. The third-order valence-corrected chi connectivity index (χ3v) is 3.51. The third kappa shape index (κ3) is 6.28. The molecule has 0 bridgehead atoms. The van der Waals surface area contributed by atoms with E-state index in [9.17, 15) is 14.4 Å². The van der Waals surface area contributed by atoms with Crippen LogP contribution in [0.4, 0.5) is 10.5 Å². The minimum Gasteiger partial charge on any atom is -0.481 e. The molecule has 0 aromatic heterocycles. The molecule has 1 rings (SSSR count). The number of carbonyl (C=O) groups is 3. The Hall–Kier alpha value is -2.57. The average molecular weight is 335 g/mol. The number of carboxylic acids is 1. The van der Waals surface area contributed by atoms with Gasteiger partial charge in [0.15, 0.2) is 0 Å². The van der Waals surface area contributed by atoms with Gasteiger partial charge in [-0.15, -0.1) is 0 Å². The second-order valence-electron chi connectivity index (χ2n) is 6.12. The highest BCUT2D eigenvalue weighted by molar-refractivity contribution is 5.92. The number of aliphatic carboxylic acids is 1. The van der Waals surface area contributed by atoms with Crippen LogP contribution >= 0.6 is 0 Å². The van der Waals surface area contributed by atoms with Gasteiger partial charge in [-0.2, -0.15) is 0 Å². The van der Waals surface area contributed by atoms with E-state index in [1.54, 1.807) is 26.1 Å². The molecule has 1 aromatic carbocycles. The molecule has 0 radical (unpaired) electrons. The summed E-state index contributed by atoms with van der Waals surface area (Å²) in [6.45, 7) is 5.66. The molecule has 24 heavy (non-hydrogen) atoms. The van der Waals surface area contributed by atoms with Gasteiger partial charge in [-0.25, -0.2) is 4.79 Å². The van der Waals surface area contributed by atoms with Crippen LogP contribution in [0.1, 0.15) is 26.3 Å². The van der Waals surface area contributed by atoms with E-state index in [1.807, 2.05) is 26.0 Å². The van der Waals surface area contributed by atoms with E-state index >= 15 is 0 Å². The summed E-state index contributed by atoms with van der Waals surface area (Å²) in [6.07, 6.45) is 0. The van der Waals surface area contributed by atoms with Gasteiger partial charge in [0, 0.05) is 31.7 Å². The fraction of sp³-hybridized carbons (Fsp3) is 0.471. The van der Waals surface area contributed by atoms with Crippen molar-refractivity contribution in [1.82, 2.24) is 10.2 Å². The van der Waals surface area contributed by atoms with Crippen LogP contribution in [0, 0.1) is 11.8 Å². The molecule has 0 spiro atoms. The van der Waals surface area contributed by atoms with Crippen LogP contribution in [0.3, 0.4) is 0 Å². The van der Waals surface area contributed by atoms with Crippen LogP contribution in [0.2, 0.25) is 0 Å². The summed E-state index contributed by atoms with van der Waals surface area (Å²) < 4.78 is 0. The molecule has 7 nitrogen and oxygen atoms in total. The molecule has 1 atom stereocenters. The summed E-state index contributed by atoms with van der Waals surface area (Å²) in [4.78, 5) is 35.7. The smallest absolute Gasteiger partial charge is 0.317 e. The van der Waals surface area contributed by atoms with Gasteiger partial charge in [-0.1, -0.05) is 32.9 Å². The number of nitrogens with one attached hydrogen (secondary N) is 2. The zero-order valence-electron chi connectivity index (χ0n) is 14.5. The molecular weight excluding hydrogens is 310 g/mol. The molecule has 0 fully saturated rings. The van der Waals surface area contributed by atoms with Crippen LogP contribution < -0.4 is 10.6 Å². The van der Waals surface area contributed by atoms with Gasteiger partial charge in [-0.05, 0) is 17.7 Å². The number of nitrogens with zero attached hydrogens (tertiary/aromatic N) is 1. The maximum absolute atomic E-state index is 11.9. The highest BCUT2D eigenvalue weighted by Crippen LogP contribution is 2.11. The van der Waals surface area contributed by atoms with Crippen LogP contribution in [-0.4, -0.2) is 41.5 Å². The molecule has 1 aromatic rings. The van der Waals surface area contributed by atoms with Crippen molar-refractivity contribution >= 4 is 23.6 Å². The lowest BCUT2D eigenvalue weighted by atomic mass is 10.1. The highest BCUT2D eigenvalue weighted by Gasteiger charge is 2.17. The quantitative estimate of drug-likeness (QED) is 0.711. The second kappa shape index (κ2) is 8.90. The van der Waals surface area contributed by atoms with Crippen molar-refractivity contribution in [3.8, 4) is 0 Å². The first-order valence-electron chi connectivity index (χ1n) is 7.82. The Kier molecular flexibility index (Phi) is 7.23. The van der Waals surface area contributed by atoms with Gasteiger partial charge in [0.1, 0.15) is 0 Å². The van der Waals surface area contributed by atoms with Crippen molar-refractivity contribution in [1.29, 1.82) is 0 Å². The molecule has 0 aliphatic carbocycles. The van der Waals surface area contributed by atoms with E-state index in [0.29, 0.717) is 12.2 Å². The highest BCUT2D eigenvalue weighted by atomic mass is 16.4. The molecule has 3 amide bonds. The van der Waals surface area contributed by atoms with Crippen LogP contribution in [0.15, 0.2) is 24.3 Å². The van der Waals surface area contributed by atoms with E-state index in [4.69, 9.17) is 5.11 Å². The fourth-order valence-corrected chi connectivity index (χ4v) is 1.88. The number of carboxylic acid groups (broad SMARTS) is 1. The molecule has 0 aliphatic heterocycles. The summed E-state index contributed by atoms with van der Waals surface area (Å²) in [5, 5.41) is 14.4. The summed E-state index contributed by atoms with van der Waals surface area (Å²) >= 11 is 0. The lowest BCUT2D eigenvalue weighted by molar-refractivity contribution is -0.141. The van der Waals surface area contributed by atoms with E-state index in [2.05, 4.69) is 10.6 Å². The summed E-state index contributed by atoms with van der Waals surface area (Å²) in [5.41, 5.74) is 1.58. The predicted molar refractivity (Wildman–Crippen MR) is 91.6 cm³/mol. The van der Waals surface area contributed by atoms with Gasteiger partial charge in [0.25, 0.3) is 0 Å². The Morgan fingerprint density at radius 2 is 1.71 bits per heavy atom. The standard InChI is InChI=1S/C17H25N3O4/c1-11(2)15(21)19-14-7-5-13(6-8-14)9-18-17(24)20(4)10-12(3)16(22)23/h5-8,11-12H,9-10H2,1-4H3,(H,18,24)(H,19,21)(H,22,23). The topological polar surface area (TPSA) is 98.7 Å². The monoisotopic (exact) mass is 335 g/mol. The van der Waals surface area contributed by atoms with E-state index in [0.717, 1.165) is 5.56 Å². The number of urea groups is 1. The predicted octanol–water partition coefficient (Wildman–Crippen LogP) is 2.14. The molecule has 0 saturated carbocycles. The van der Waals surface area contributed by atoms with Crippen molar-refractivity contribution < 1.29 is 19.5 Å². The molecule has 0 heterocycles. The minimum atomic E-state index is -0.936. The van der Waals surface area contributed by atoms with Crippen molar-refractivity contribution in [2.45, 2.75) is 27.3 Å². The Labute approximate surface area is 142 Å². The lowest BCUT2D eigenvalue weighted by Crippen LogP contribution is -2.40. The molecule has 132 valence electrons. The number of anilines is 1. The van der Waals surface area contributed by atoms with Gasteiger partial charge in [0.2, 0.25) is 5.91 Å². The second-order valence-corrected chi connectivity index (χ2v) is 6.12. The molecule has 7 heteroatoms. The Balaban J connectivity index is 2.48. The van der Waals surface area contributed by atoms with Gasteiger partial charge < -0.3 is 20.6 Å². The van der Waals surface area contributed by atoms with Gasteiger partial charge >= 0.3 is 12.0 Å². The van der Waals surface area contributed by atoms with Crippen molar-refractivity contribution in [3.05, 3.63) is 29.8 Å². The molecule has 1 unspecified atom stereocenters. The number of carbonyl (C=O) groups excluding carboxylic acids is 2. The number of amides is 3. The first kappa shape index (κ1) is 19.5. The number of hydrogen-bond acceptors (Lipinski definition) is 3. The third-order valence-electron chi connectivity index (χ3n) is 3.51. The Morgan fingerprint density at radius 1 is 1.12 bits per heavy atom. The number of rotatable bonds is 7. The van der Waals surface area contributed by atoms with Gasteiger partial charge in [-0.3, -0.25) is 9.59 Å². The van der Waals surface area contributed by atoms with Crippen molar-refractivity contribution in [2.75, 3.05) is 18.9 Å². The van der Waals surface area contributed by atoms with Crippen molar-refractivity contribution in [3.63, 3.8) is 0 Å². The first-order valence-corrected chi connectivity index (χ1v) is 7.82. The molecule has 3 N–H and O–H groups in total.